The minimum atomic E-state index is -0.838. The standard InChI is InChI=1S/C18H24BrNO4/c1-23-17(22)18(10-3-2-4-11-18)20-16(21)9-6-12-24-15-8-5-7-14(19)13-15/h5,7-8,13H,2-4,6,9-12H2,1H3,(H,20,21). The molecule has 1 aliphatic rings. The van der Waals surface area contributed by atoms with Gasteiger partial charge in [0.2, 0.25) is 5.91 Å². The van der Waals surface area contributed by atoms with Gasteiger partial charge in [-0.1, -0.05) is 41.3 Å². The lowest BCUT2D eigenvalue weighted by Crippen LogP contribution is -2.56. The van der Waals surface area contributed by atoms with E-state index in [2.05, 4.69) is 21.2 Å². The van der Waals surface area contributed by atoms with Crippen molar-refractivity contribution in [3.63, 3.8) is 0 Å². The quantitative estimate of drug-likeness (QED) is 0.563. The molecule has 1 aromatic carbocycles. The summed E-state index contributed by atoms with van der Waals surface area (Å²) >= 11 is 3.39. The molecule has 132 valence electrons. The Morgan fingerprint density at radius 1 is 1.25 bits per heavy atom. The summed E-state index contributed by atoms with van der Waals surface area (Å²) in [6.45, 7) is 0.453. The van der Waals surface area contributed by atoms with E-state index in [9.17, 15) is 9.59 Å². The summed E-state index contributed by atoms with van der Waals surface area (Å²) in [7, 11) is 1.37. The van der Waals surface area contributed by atoms with Crippen LogP contribution in [0, 0.1) is 0 Å². The predicted octanol–water partition coefficient (Wildman–Crippen LogP) is 3.60. The molecule has 0 atom stereocenters. The molecule has 0 spiro atoms. The second-order valence-electron chi connectivity index (χ2n) is 6.09. The summed E-state index contributed by atoms with van der Waals surface area (Å²) in [6.07, 6.45) is 5.18. The van der Waals surface area contributed by atoms with E-state index in [0.717, 1.165) is 29.5 Å². The number of hydrogen-bond acceptors (Lipinski definition) is 4. The van der Waals surface area contributed by atoms with E-state index in [1.54, 1.807) is 0 Å². The number of amides is 1. The molecule has 24 heavy (non-hydrogen) atoms. The average molecular weight is 398 g/mol. The molecule has 5 nitrogen and oxygen atoms in total. The van der Waals surface area contributed by atoms with Gasteiger partial charge in [-0.3, -0.25) is 4.79 Å². The molecule has 0 saturated heterocycles. The van der Waals surface area contributed by atoms with Gasteiger partial charge < -0.3 is 14.8 Å². The van der Waals surface area contributed by atoms with Gasteiger partial charge >= 0.3 is 5.97 Å². The van der Waals surface area contributed by atoms with Gasteiger partial charge in [-0.2, -0.15) is 0 Å². The van der Waals surface area contributed by atoms with Crippen LogP contribution in [0.15, 0.2) is 28.7 Å². The van der Waals surface area contributed by atoms with Gasteiger partial charge in [0.1, 0.15) is 11.3 Å². The number of halogens is 1. The highest BCUT2D eigenvalue weighted by atomic mass is 79.9. The zero-order valence-electron chi connectivity index (χ0n) is 14.0. The molecule has 0 heterocycles. The van der Waals surface area contributed by atoms with E-state index < -0.39 is 5.54 Å². The van der Waals surface area contributed by atoms with Gasteiger partial charge in [-0.25, -0.2) is 4.79 Å². The largest absolute Gasteiger partial charge is 0.494 e. The van der Waals surface area contributed by atoms with Gasteiger partial charge in [0.05, 0.1) is 13.7 Å². The van der Waals surface area contributed by atoms with Gasteiger partial charge in [0, 0.05) is 10.9 Å². The van der Waals surface area contributed by atoms with Crippen LogP contribution >= 0.6 is 15.9 Å². The van der Waals surface area contributed by atoms with Crippen molar-refractivity contribution in [1.29, 1.82) is 0 Å². The number of carbonyl (C=O) groups is 2. The van der Waals surface area contributed by atoms with Crippen molar-refractivity contribution < 1.29 is 19.1 Å². The number of methoxy groups -OCH3 is 1. The van der Waals surface area contributed by atoms with Crippen LogP contribution in [0.1, 0.15) is 44.9 Å². The molecule has 0 radical (unpaired) electrons. The monoisotopic (exact) mass is 397 g/mol. The van der Waals surface area contributed by atoms with Crippen LogP contribution in [-0.2, 0) is 14.3 Å². The first-order valence-corrected chi connectivity index (χ1v) is 9.13. The molecule has 6 heteroatoms. The summed E-state index contributed by atoms with van der Waals surface area (Å²) in [5.74, 6) is 0.309. The molecule has 1 aromatic rings. The molecule has 1 fully saturated rings. The Morgan fingerprint density at radius 3 is 2.67 bits per heavy atom. The van der Waals surface area contributed by atoms with Crippen LogP contribution < -0.4 is 10.1 Å². The zero-order chi connectivity index (χ0) is 17.4. The Labute approximate surface area is 151 Å². The van der Waals surface area contributed by atoms with Gasteiger partial charge in [-0.15, -0.1) is 0 Å². The second kappa shape index (κ2) is 9.06. The molecular formula is C18H24BrNO4. The summed E-state index contributed by atoms with van der Waals surface area (Å²) < 4.78 is 11.5. The van der Waals surface area contributed by atoms with Gasteiger partial charge in [0.15, 0.2) is 0 Å². The first-order valence-electron chi connectivity index (χ1n) is 8.33. The maximum atomic E-state index is 12.2. The SMILES string of the molecule is COC(=O)C1(NC(=O)CCCOc2cccc(Br)c2)CCCCC1. The third kappa shape index (κ3) is 5.23. The summed E-state index contributed by atoms with van der Waals surface area (Å²) in [5.41, 5.74) is -0.838. The first kappa shape index (κ1) is 18.8. The van der Waals surface area contributed by atoms with Crippen molar-refractivity contribution in [2.75, 3.05) is 13.7 Å². The number of nitrogens with one attached hydrogen (secondary N) is 1. The highest BCUT2D eigenvalue weighted by Gasteiger charge is 2.41. The number of ether oxygens (including phenoxy) is 2. The number of esters is 1. The third-order valence-electron chi connectivity index (χ3n) is 4.27. The van der Waals surface area contributed by atoms with Crippen molar-refractivity contribution in [3.05, 3.63) is 28.7 Å². The molecule has 0 aromatic heterocycles. The normalized spacial score (nSPS) is 16.2. The number of hydrogen-bond donors (Lipinski definition) is 1. The molecule has 1 N–H and O–H groups in total. The fourth-order valence-corrected chi connectivity index (χ4v) is 3.42. The smallest absolute Gasteiger partial charge is 0.331 e. The minimum Gasteiger partial charge on any atom is -0.494 e. The van der Waals surface area contributed by atoms with E-state index in [1.165, 1.54) is 7.11 Å². The summed E-state index contributed by atoms with van der Waals surface area (Å²) in [6, 6.07) is 7.58. The van der Waals surface area contributed by atoms with Crippen molar-refractivity contribution in [2.45, 2.75) is 50.5 Å². The van der Waals surface area contributed by atoms with E-state index in [0.29, 0.717) is 32.3 Å². The topological polar surface area (TPSA) is 64.6 Å². The number of rotatable bonds is 7. The molecule has 1 aliphatic carbocycles. The fraction of sp³-hybridized carbons (Fsp3) is 0.556. The molecule has 0 aliphatic heterocycles. The Bertz CT molecular complexity index is 570. The number of benzene rings is 1. The van der Waals surface area contributed by atoms with Gasteiger partial charge in [0.25, 0.3) is 0 Å². The lowest BCUT2D eigenvalue weighted by atomic mass is 9.81. The van der Waals surface area contributed by atoms with Crippen molar-refractivity contribution >= 4 is 27.8 Å². The van der Waals surface area contributed by atoms with E-state index in [1.807, 2.05) is 24.3 Å². The Hall–Kier alpha value is -1.56. The zero-order valence-corrected chi connectivity index (χ0v) is 15.6. The summed E-state index contributed by atoms with van der Waals surface area (Å²) in [5, 5.41) is 2.91. The molecule has 1 amide bonds. The van der Waals surface area contributed by atoms with Crippen molar-refractivity contribution in [1.82, 2.24) is 5.32 Å². The molecule has 1 saturated carbocycles. The maximum absolute atomic E-state index is 12.2. The van der Waals surface area contributed by atoms with Crippen molar-refractivity contribution in [3.8, 4) is 5.75 Å². The van der Waals surface area contributed by atoms with Crippen molar-refractivity contribution in [2.24, 2.45) is 0 Å². The Morgan fingerprint density at radius 2 is 2.00 bits per heavy atom. The average Bonchev–Trinajstić information content (AvgIpc) is 2.59. The predicted molar refractivity (Wildman–Crippen MR) is 94.8 cm³/mol. The minimum absolute atomic E-state index is 0.125. The lowest BCUT2D eigenvalue weighted by Gasteiger charge is -2.35. The Kier molecular flexibility index (Phi) is 7.09. The molecule has 0 bridgehead atoms. The van der Waals surface area contributed by atoms with Crippen LogP contribution in [0.4, 0.5) is 0 Å². The molecule has 0 unspecified atom stereocenters. The molecule has 2 rings (SSSR count). The van der Waals surface area contributed by atoms with E-state index in [-0.39, 0.29) is 11.9 Å². The maximum Gasteiger partial charge on any atom is 0.331 e. The first-order chi connectivity index (χ1) is 11.6. The van der Waals surface area contributed by atoms with Crippen LogP contribution in [-0.4, -0.2) is 31.1 Å². The van der Waals surface area contributed by atoms with Crippen LogP contribution in [0.2, 0.25) is 0 Å². The van der Waals surface area contributed by atoms with Gasteiger partial charge in [-0.05, 0) is 37.5 Å². The lowest BCUT2D eigenvalue weighted by molar-refractivity contribution is -0.152. The van der Waals surface area contributed by atoms with Crippen LogP contribution in [0.25, 0.3) is 0 Å². The highest BCUT2D eigenvalue weighted by molar-refractivity contribution is 9.10. The third-order valence-corrected chi connectivity index (χ3v) is 4.77. The Balaban J connectivity index is 1.78. The van der Waals surface area contributed by atoms with Crippen LogP contribution in [0.5, 0.6) is 5.75 Å². The number of carbonyl (C=O) groups excluding carboxylic acids is 2. The van der Waals surface area contributed by atoms with Crippen LogP contribution in [0.3, 0.4) is 0 Å². The molecular weight excluding hydrogens is 374 g/mol. The second-order valence-corrected chi connectivity index (χ2v) is 7.01. The summed E-state index contributed by atoms with van der Waals surface area (Å²) in [4.78, 5) is 24.3. The van der Waals surface area contributed by atoms with E-state index >= 15 is 0 Å². The highest BCUT2D eigenvalue weighted by Crippen LogP contribution is 2.29. The van der Waals surface area contributed by atoms with E-state index in [4.69, 9.17) is 9.47 Å². The fourth-order valence-electron chi connectivity index (χ4n) is 3.04.